The molecule has 0 unspecified atom stereocenters. The van der Waals surface area contributed by atoms with Gasteiger partial charge in [-0.1, -0.05) is 182 Å². The fourth-order valence-corrected chi connectivity index (χ4v) is 8.93. The van der Waals surface area contributed by atoms with Gasteiger partial charge in [-0.05, 0) is 86.9 Å². The number of nitrogens with zero attached hydrogens (tertiary/aromatic N) is 2. The van der Waals surface area contributed by atoms with Crippen LogP contribution in [0, 0.1) is 0 Å². The third-order valence-electron chi connectivity index (χ3n) is 11.6. The maximum absolute atomic E-state index is 2.43. The van der Waals surface area contributed by atoms with Crippen LogP contribution < -0.4 is 4.90 Å². The van der Waals surface area contributed by atoms with Crippen molar-refractivity contribution in [1.29, 1.82) is 0 Å². The van der Waals surface area contributed by atoms with Gasteiger partial charge < -0.3 is 9.47 Å². The van der Waals surface area contributed by atoms with Crippen LogP contribution in [0.4, 0.5) is 17.1 Å². The number of rotatable bonds is 7. The van der Waals surface area contributed by atoms with Crippen molar-refractivity contribution in [1.82, 2.24) is 4.57 Å². The molecule has 0 saturated carbocycles. The Labute approximate surface area is 338 Å². The summed E-state index contributed by atoms with van der Waals surface area (Å²) in [5.41, 5.74) is 14.1. The summed E-state index contributed by atoms with van der Waals surface area (Å²) in [6, 6.07) is 83.7. The van der Waals surface area contributed by atoms with Gasteiger partial charge in [-0.25, -0.2) is 0 Å². The van der Waals surface area contributed by atoms with Crippen molar-refractivity contribution in [2.24, 2.45) is 0 Å². The molecule has 0 atom stereocenters. The molecule has 0 bridgehead atoms. The van der Waals surface area contributed by atoms with Crippen LogP contribution in [0.5, 0.6) is 0 Å². The highest BCUT2D eigenvalue weighted by molar-refractivity contribution is 6.10. The summed E-state index contributed by atoms with van der Waals surface area (Å²) in [6.45, 7) is 0. The van der Waals surface area contributed by atoms with Crippen molar-refractivity contribution >= 4 is 60.4 Å². The Morgan fingerprint density at radius 2 is 0.793 bits per heavy atom. The number of hydrogen-bond acceptors (Lipinski definition) is 1. The first-order valence-electron chi connectivity index (χ1n) is 19.9. The number of fused-ring (bicyclic) bond motifs is 5. The van der Waals surface area contributed by atoms with Crippen molar-refractivity contribution in [3.8, 4) is 39.1 Å². The van der Waals surface area contributed by atoms with E-state index in [2.05, 4.69) is 240 Å². The smallest absolute Gasteiger partial charge is 0.0541 e. The lowest BCUT2D eigenvalue weighted by molar-refractivity contribution is 1.18. The minimum absolute atomic E-state index is 1.10. The van der Waals surface area contributed by atoms with Gasteiger partial charge in [-0.15, -0.1) is 0 Å². The van der Waals surface area contributed by atoms with Gasteiger partial charge in [0.05, 0.1) is 28.1 Å². The Balaban J connectivity index is 1.03. The third-order valence-corrected chi connectivity index (χ3v) is 11.6. The Bertz CT molecular complexity index is 3230. The van der Waals surface area contributed by atoms with Gasteiger partial charge in [-0.3, -0.25) is 0 Å². The van der Waals surface area contributed by atoms with Crippen LogP contribution in [0.3, 0.4) is 0 Å². The number of hydrogen-bond donors (Lipinski definition) is 0. The van der Waals surface area contributed by atoms with E-state index in [1.807, 2.05) is 0 Å². The predicted octanol–water partition coefficient (Wildman–Crippen LogP) is 15.6. The maximum Gasteiger partial charge on any atom is 0.0541 e. The van der Waals surface area contributed by atoms with Crippen LogP contribution in [0.2, 0.25) is 0 Å². The molecule has 10 aromatic carbocycles. The molecule has 0 amide bonds. The van der Waals surface area contributed by atoms with E-state index in [0.29, 0.717) is 0 Å². The summed E-state index contributed by atoms with van der Waals surface area (Å²) in [4.78, 5) is 2.43. The average molecular weight is 739 g/mol. The quantitative estimate of drug-likeness (QED) is 0.158. The van der Waals surface area contributed by atoms with Gasteiger partial charge in [0.1, 0.15) is 0 Å². The first kappa shape index (κ1) is 33.6. The Morgan fingerprint density at radius 3 is 1.55 bits per heavy atom. The van der Waals surface area contributed by atoms with E-state index in [0.717, 1.165) is 17.1 Å². The molecule has 0 fully saturated rings. The number of benzene rings is 10. The molecule has 272 valence electrons. The number of aromatic nitrogens is 1. The molecule has 0 aliphatic carbocycles. The zero-order valence-corrected chi connectivity index (χ0v) is 31.8. The SMILES string of the molecule is c1cc(-c2ccc(N(c3ccccc3-c3cccc4ccccc34)c3cccc4ccccc34)cc2)cc(-c2ccccc2-n2c3ccccc3c3ccccc32)c1. The van der Waals surface area contributed by atoms with Gasteiger partial charge in [0, 0.05) is 33.0 Å². The molecule has 11 rings (SSSR count). The van der Waals surface area contributed by atoms with E-state index in [9.17, 15) is 0 Å². The first-order valence-corrected chi connectivity index (χ1v) is 19.9. The fraction of sp³-hybridized carbons (Fsp3) is 0. The monoisotopic (exact) mass is 738 g/mol. The molecule has 0 radical (unpaired) electrons. The van der Waals surface area contributed by atoms with Crippen LogP contribution in [-0.4, -0.2) is 4.57 Å². The van der Waals surface area contributed by atoms with E-state index in [4.69, 9.17) is 0 Å². The van der Waals surface area contributed by atoms with Crippen molar-refractivity contribution < 1.29 is 0 Å². The fourth-order valence-electron chi connectivity index (χ4n) is 8.93. The number of para-hydroxylation sites is 4. The minimum Gasteiger partial charge on any atom is -0.309 e. The normalized spacial score (nSPS) is 11.4. The van der Waals surface area contributed by atoms with E-state index < -0.39 is 0 Å². The van der Waals surface area contributed by atoms with Crippen molar-refractivity contribution in [3.63, 3.8) is 0 Å². The van der Waals surface area contributed by atoms with Gasteiger partial charge in [0.2, 0.25) is 0 Å². The van der Waals surface area contributed by atoms with E-state index >= 15 is 0 Å². The molecule has 0 aliphatic rings. The Hall–Kier alpha value is -7.68. The van der Waals surface area contributed by atoms with Crippen LogP contribution in [0.15, 0.2) is 231 Å². The van der Waals surface area contributed by atoms with Crippen LogP contribution in [-0.2, 0) is 0 Å². The molecule has 2 nitrogen and oxygen atoms in total. The zero-order valence-electron chi connectivity index (χ0n) is 31.8. The molecule has 58 heavy (non-hydrogen) atoms. The van der Waals surface area contributed by atoms with E-state index in [1.54, 1.807) is 0 Å². The lowest BCUT2D eigenvalue weighted by Crippen LogP contribution is -2.11. The molecule has 0 aliphatic heterocycles. The van der Waals surface area contributed by atoms with Gasteiger partial charge in [0.15, 0.2) is 0 Å². The topological polar surface area (TPSA) is 8.17 Å². The molecule has 2 heteroatoms. The van der Waals surface area contributed by atoms with E-state index in [1.165, 1.54) is 82.4 Å². The molecule has 0 saturated heterocycles. The molecular formula is C56H38N2. The molecule has 11 aromatic rings. The molecule has 0 N–H and O–H groups in total. The second-order valence-electron chi connectivity index (χ2n) is 14.9. The molecular weight excluding hydrogens is 701 g/mol. The second kappa shape index (κ2) is 14.1. The standard InChI is InChI=1S/C56H38N2/c1-3-22-45-40(16-1)18-14-28-48(45)49-25-6-10-30-54(49)57(52-33-15-19-41-17-2-4-23-46(41)52)44-36-34-39(35-37-44)42-20-13-21-43(38-42)47-24-5-9-29-53(47)58-55-31-11-7-26-50(55)51-27-8-12-32-56(51)58/h1-38H. The lowest BCUT2D eigenvalue weighted by Gasteiger charge is -2.29. The summed E-state index contributed by atoms with van der Waals surface area (Å²) in [6.07, 6.45) is 0. The highest BCUT2D eigenvalue weighted by Crippen LogP contribution is 2.45. The maximum atomic E-state index is 2.43. The molecule has 1 heterocycles. The van der Waals surface area contributed by atoms with Crippen molar-refractivity contribution in [2.75, 3.05) is 4.90 Å². The van der Waals surface area contributed by atoms with Gasteiger partial charge in [-0.2, -0.15) is 0 Å². The van der Waals surface area contributed by atoms with Gasteiger partial charge in [0.25, 0.3) is 0 Å². The molecule has 0 spiro atoms. The summed E-state index contributed by atoms with van der Waals surface area (Å²) < 4.78 is 2.42. The zero-order chi connectivity index (χ0) is 38.4. The molecule has 1 aromatic heterocycles. The van der Waals surface area contributed by atoms with Crippen molar-refractivity contribution in [2.45, 2.75) is 0 Å². The van der Waals surface area contributed by atoms with Crippen LogP contribution >= 0.6 is 0 Å². The predicted molar refractivity (Wildman–Crippen MR) is 247 cm³/mol. The van der Waals surface area contributed by atoms with Gasteiger partial charge >= 0.3 is 0 Å². The lowest BCUT2D eigenvalue weighted by atomic mass is 9.95. The summed E-state index contributed by atoms with van der Waals surface area (Å²) in [5.74, 6) is 0. The third kappa shape index (κ3) is 5.66. The Morgan fingerprint density at radius 1 is 0.293 bits per heavy atom. The van der Waals surface area contributed by atoms with Crippen LogP contribution in [0.1, 0.15) is 0 Å². The van der Waals surface area contributed by atoms with E-state index in [-0.39, 0.29) is 0 Å². The number of anilines is 3. The summed E-state index contributed by atoms with van der Waals surface area (Å²) in [7, 11) is 0. The minimum atomic E-state index is 1.10. The average Bonchev–Trinajstić information content (AvgIpc) is 3.64. The van der Waals surface area contributed by atoms with Crippen molar-refractivity contribution in [3.05, 3.63) is 231 Å². The van der Waals surface area contributed by atoms with Crippen LogP contribution in [0.25, 0.3) is 82.4 Å². The highest BCUT2D eigenvalue weighted by Gasteiger charge is 2.21. The highest BCUT2D eigenvalue weighted by atomic mass is 15.1. The summed E-state index contributed by atoms with van der Waals surface area (Å²) >= 11 is 0. The second-order valence-corrected chi connectivity index (χ2v) is 14.9. The first-order chi connectivity index (χ1) is 28.8. The summed E-state index contributed by atoms with van der Waals surface area (Å²) in [5, 5.41) is 7.41. The largest absolute Gasteiger partial charge is 0.309 e. The Kier molecular flexibility index (Phi) is 8.19.